The summed E-state index contributed by atoms with van der Waals surface area (Å²) >= 11 is 1.07. The fourth-order valence-corrected chi connectivity index (χ4v) is 3.95. The average Bonchev–Trinajstić information content (AvgIpc) is 3.10. The second-order valence-corrected chi connectivity index (χ2v) is 8.68. The van der Waals surface area contributed by atoms with Crippen LogP contribution in [0.4, 0.5) is 13.9 Å². The summed E-state index contributed by atoms with van der Waals surface area (Å²) in [6, 6.07) is 8.83. The predicted molar refractivity (Wildman–Crippen MR) is 99.6 cm³/mol. The third kappa shape index (κ3) is 4.20. The Bertz CT molecular complexity index is 1110. The molecule has 0 saturated carbocycles. The Morgan fingerprint density at radius 1 is 1.19 bits per heavy atom. The van der Waals surface area contributed by atoms with Crippen LogP contribution in [0.25, 0.3) is 11.3 Å². The Morgan fingerprint density at radius 2 is 1.96 bits per heavy atom. The zero-order valence-corrected chi connectivity index (χ0v) is 15.7. The van der Waals surface area contributed by atoms with Gasteiger partial charge in [0.2, 0.25) is 0 Å². The summed E-state index contributed by atoms with van der Waals surface area (Å²) in [6.45, 7) is 1.52. The topological polar surface area (TPSA) is 76.1 Å². The van der Waals surface area contributed by atoms with Crippen molar-refractivity contribution < 1.29 is 22.0 Å². The molecular formula is C18H14F2N2O3S2. The van der Waals surface area contributed by atoms with E-state index in [1.165, 1.54) is 42.6 Å². The molecule has 140 valence electrons. The van der Waals surface area contributed by atoms with Crippen LogP contribution in [-0.4, -0.2) is 25.1 Å². The minimum Gasteiger partial charge on any atom is -0.298 e. The van der Waals surface area contributed by atoms with Gasteiger partial charge in [0.25, 0.3) is 5.91 Å². The molecule has 0 aliphatic rings. The Morgan fingerprint density at radius 3 is 2.67 bits per heavy atom. The van der Waals surface area contributed by atoms with Crippen molar-refractivity contribution in [3.05, 3.63) is 65.0 Å². The van der Waals surface area contributed by atoms with Crippen molar-refractivity contribution in [1.29, 1.82) is 0 Å². The number of rotatable bonds is 5. The standard InChI is InChI=1S/C18H14F2N2O3S2/c1-2-27(24,25)13-5-3-4-11(8-13)17(23)22-18-21-16(10-26-18)14-7-6-12(19)9-15(14)20/h3-10H,2H2,1H3,(H,21,22,23). The number of nitrogens with one attached hydrogen (secondary N) is 1. The molecule has 3 aromatic rings. The van der Waals surface area contributed by atoms with E-state index in [0.717, 1.165) is 23.5 Å². The third-order valence-corrected chi connectivity index (χ3v) is 6.26. The van der Waals surface area contributed by atoms with E-state index in [1.54, 1.807) is 0 Å². The maximum atomic E-state index is 13.8. The second-order valence-electron chi connectivity index (χ2n) is 5.55. The first kappa shape index (κ1) is 19.1. The Labute approximate surface area is 158 Å². The van der Waals surface area contributed by atoms with Gasteiger partial charge in [-0.15, -0.1) is 11.3 Å². The molecule has 0 aliphatic carbocycles. The van der Waals surface area contributed by atoms with Gasteiger partial charge in [0, 0.05) is 22.6 Å². The smallest absolute Gasteiger partial charge is 0.257 e. The van der Waals surface area contributed by atoms with Gasteiger partial charge in [-0.25, -0.2) is 22.2 Å². The van der Waals surface area contributed by atoms with Crippen molar-refractivity contribution in [2.24, 2.45) is 0 Å². The number of benzene rings is 2. The normalized spacial score (nSPS) is 11.4. The molecule has 27 heavy (non-hydrogen) atoms. The number of carbonyl (C=O) groups is 1. The molecule has 0 saturated heterocycles. The Balaban J connectivity index is 1.82. The molecule has 0 fully saturated rings. The van der Waals surface area contributed by atoms with Crippen molar-refractivity contribution in [3.63, 3.8) is 0 Å². The highest BCUT2D eigenvalue weighted by Crippen LogP contribution is 2.27. The fraction of sp³-hybridized carbons (Fsp3) is 0.111. The van der Waals surface area contributed by atoms with Crippen molar-refractivity contribution in [1.82, 2.24) is 4.98 Å². The van der Waals surface area contributed by atoms with Gasteiger partial charge >= 0.3 is 0 Å². The lowest BCUT2D eigenvalue weighted by Crippen LogP contribution is -2.13. The van der Waals surface area contributed by atoms with E-state index < -0.39 is 27.4 Å². The van der Waals surface area contributed by atoms with Gasteiger partial charge in [0.1, 0.15) is 11.6 Å². The van der Waals surface area contributed by atoms with Crippen LogP contribution in [0.5, 0.6) is 0 Å². The van der Waals surface area contributed by atoms with Crippen molar-refractivity contribution in [2.75, 3.05) is 11.1 Å². The highest BCUT2D eigenvalue weighted by atomic mass is 32.2. The minimum absolute atomic E-state index is 0.0610. The van der Waals surface area contributed by atoms with Gasteiger partial charge in [-0.1, -0.05) is 13.0 Å². The van der Waals surface area contributed by atoms with E-state index in [0.29, 0.717) is 0 Å². The quantitative estimate of drug-likeness (QED) is 0.689. The zero-order valence-electron chi connectivity index (χ0n) is 14.1. The summed E-state index contributed by atoms with van der Waals surface area (Å²) in [5.74, 6) is -2.06. The number of halogens is 2. The molecule has 0 aliphatic heterocycles. The number of hydrogen-bond acceptors (Lipinski definition) is 5. The number of anilines is 1. The van der Waals surface area contributed by atoms with E-state index in [9.17, 15) is 22.0 Å². The molecule has 0 unspecified atom stereocenters. The fourth-order valence-electron chi connectivity index (χ4n) is 2.32. The van der Waals surface area contributed by atoms with Gasteiger partial charge in [-0.05, 0) is 30.3 Å². The highest BCUT2D eigenvalue weighted by molar-refractivity contribution is 7.91. The van der Waals surface area contributed by atoms with Crippen LogP contribution in [0.2, 0.25) is 0 Å². The molecule has 1 heterocycles. The summed E-state index contributed by atoms with van der Waals surface area (Å²) in [6.07, 6.45) is 0. The van der Waals surface area contributed by atoms with E-state index in [-0.39, 0.29) is 32.6 Å². The summed E-state index contributed by atoms with van der Waals surface area (Å²) in [5, 5.41) is 4.30. The average molecular weight is 408 g/mol. The first-order valence-corrected chi connectivity index (χ1v) is 10.4. The summed E-state index contributed by atoms with van der Waals surface area (Å²) < 4.78 is 50.7. The summed E-state index contributed by atoms with van der Waals surface area (Å²) in [7, 11) is -3.43. The van der Waals surface area contributed by atoms with E-state index in [4.69, 9.17) is 0 Å². The molecule has 1 amide bonds. The van der Waals surface area contributed by atoms with Gasteiger partial charge in [0.05, 0.1) is 16.3 Å². The lowest BCUT2D eigenvalue weighted by molar-refractivity contribution is 0.102. The van der Waals surface area contributed by atoms with E-state index >= 15 is 0 Å². The second kappa shape index (κ2) is 7.53. The molecule has 1 N–H and O–H groups in total. The van der Waals surface area contributed by atoms with Gasteiger partial charge in [-0.3, -0.25) is 10.1 Å². The van der Waals surface area contributed by atoms with Crippen molar-refractivity contribution in [3.8, 4) is 11.3 Å². The molecule has 3 rings (SSSR count). The molecule has 0 bridgehead atoms. The minimum atomic E-state index is -3.43. The van der Waals surface area contributed by atoms with Crippen LogP contribution in [0.1, 0.15) is 17.3 Å². The predicted octanol–water partition coefficient (Wildman–Crippen LogP) is 4.13. The van der Waals surface area contributed by atoms with Gasteiger partial charge in [0.15, 0.2) is 15.0 Å². The molecule has 5 nitrogen and oxygen atoms in total. The Hall–Kier alpha value is -2.65. The van der Waals surface area contributed by atoms with Crippen molar-refractivity contribution >= 4 is 32.2 Å². The lowest BCUT2D eigenvalue weighted by atomic mass is 10.1. The number of thiazole rings is 1. The summed E-state index contributed by atoms with van der Waals surface area (Å²) in [4.78, 5) is 16.6. The molecule has 9 heteroatoms. The van der Waals surface area contributed by atoms with Crippen LogP contribution < -0.4 is 5.32 Å². The maximum Gasteiger partial charge on any atom is 0.257 e. The lowest BCUT2D eigenvalue weighted by Gasteiger charge is -2.05. The number of sulfone groups is 1. The summed E-state index contributed by atoms with van der Waals surface area (Å²) in [5.41, 5.74) is 0.536. The van der Waals surface area contributed by atoms with E-state index in [2.05, 4.69) is 10.3 Å². The first-order valence-electron chi connectivity index (χ1n) is 7.85. The van der Waals surface area contributed by atoms with Crippen LogP contribution in [0, 0.1) is 11.6 Å². The highest BCUT2D eigenvalue weighted by Gasteiger charge is 2.16. The van der Waals surface area contributed by atoms with Gasteiger partial charge < -0.3 is 0 Å². The van der Waals surface area contributed by atoms with Crippen LogP contribution in [0.15, 0.2) is 52.7 Å². The number of aromatic nitrogens is 1. The third-order valence-electron chi connectivity index (χ3n) is 3.77. The van der Waals surface area contributed by atoms with Crippen LogP contribution in [0.3, 0.4) is 0 Å². The number of amides is 1. The molecular weight excluding hydrogens is 394 g/mol. The first-order chi connectivity index (χ1) is 12.8. The molecule has 0 spiro atoms. The number of hydrogen-bond donors (Lipinski definition) is 1. The van der Waals surface area contributed by atoms with Crippen LogP contribution >= 0.6 is 11.3 Å². The largest absolute Gasteiger partial charge is 0.298 e. The monoisotopic (exact) mass is 408 g/mol. The molecule has 1 aromatic heterocycles. The van der Waals surface area contributed by atoms with Crippen molar-refractivity contribution in [2.45, 2.75) is 11.8 Å². The molecule has 0 atom stereocenters. The Kier molecular flexibility index (Phi) is 5.33. The van der Waals surface area contributed by atoms with Crippen LogP contribution in [-0.2, 0) is 9.84 Å². The SMILES string of the molecule is CCS(=O)(=O)c1cccc(C(=O)Nc2nc(-c3ccc(F)cc3F)cs2)c1. The zero-order chi connectivity index (χ0) is 19.6. The molecule has 0 radical (unpaired) electrons. The molecule has 2 aromatic carbocycles. The number of nitrogens with zero attached hydrogens (tertiary/aromatic N) is 1. The number of carbonyl (C=O) groups excluding carboxylic acids is 1. The van der Waals surface area contributed by atoms with Gasteiger partial charge in [-0.2, -0.15) is 0 Å². The maximum absolute atomic E-state index is 13.8. The van der Waals surface area contributed by atoms with E-state index in [1.807, 2.05) is 0 Å².